The fourth-order valence-corrected chi connectivity index (χ4v) is 4.32. The number of piperazine rings is 1. The molecule has 2 aliphatic heterocycles. The van der Waals surface area contributed by atoms with Crippen LogP contribution in [0.3, 0.4) is 0 Å². The van der Waals surface area contributed by atoms with Gasteiger partial charge in [0, 0.05) is 55.2 Å². The van der Waals surface area contributed by atoms with E-state index in [-0.39, 0.29) is 5.70 Å². The second kappa shape index (κ2) is 8.58. The highest BCUT2D eigenvalue weighted by molar-refractivity contribution is 6.14. The molecular formula is C24H27N9O2. The van der Waals surface area contributed by atoms with E-state index in [0.29, 0.717) is 23.1 Å². The zero-order chi connectivity index (χ0) is 23.9. The van der Waals surface area contributed by atoms with Gasteiger partial charge in [-0.3, -0.25) is 10.1 Å². The molecule has 2 aromatic heterocycles. The molecule has 0 bridgehead atoms. The first-order valence-corrected chi connectivity index (χ1v) is 11.8. The summed E-state index contributed by atoms with van der Waals surface area (Å²) in [5.41, 5.74) is 3.50. The summed E-state index contributed by atoms with van der Waals surface area (Å²) < 4.78 is 1.73. The topological polar surface area (TPSA) is 119 Å². The average molecular weight is 474 g/mol. The summed E-state index contributed by atoms with van der Waals surface area (Å²) in [6.07, 6.45) is 5.46. The standard InChI is InChI=1S/C24H27N9O2/c1-31-7-9-32(10-8-31)18-4-2-3-17(12-18)26-20-13-21(27-16-5-6-16)33-22(29-20)15(14-25-33)11-19-23(34)30-24(35)28-19/h2-4,11-14,16,27H,5-10H2,1H3,(H,26,29)(H2,28,30,34,35)/b19-11-. The van der Waals surface area contributed by atoms with Crippen molar-refractivity contribution in [3.8, 4) is 0 Å². The molecule has 1 aliphatic carbocycles. The molecule has 1 saturated carbocycles. The lowest BCUT2D eigenvalue weighted by Gasteiger charge is -2.34. The van der Waals surface area contributed by atoms with Crippen molar-refractivity contribution in [2.45, 2.75) is 18.9 Å². The van der Waals surface area contributed by atoms with Crippen LogP contribution in [-0.4, -0.2) is 70.7 Å². The van der Waals surface area contributed by atoms with E-state index in [0.717, 1.165) is 50.5 Å². The highest BCUT2D eigenvalue weighted by atomic mass is 16.2. The lowest BCUT2D eigenvalue weighted by molar-refractivity contribution is -0.115. The zero-order valence-electron chi connectivity index (χ0n) is 19.4. The molecular weight excluding hydrogens is 446 g/mol. The van der Waals surface area contributed by atoms with Crippen molar-refractivity contribution >= 4 is 46.7 Å². The number of likely N-dealkylation sites (N-methyl/N-ethyl adjacent to an activating group) is 1. The van der Waals surface area contributed by atoms with Gasteiger partial charge in [-0.1, -0.05) is 6.07 Å². The minimum absolute atomic E-state index is 0.168. The second-order valence-corrected chi connectivity index (χ2v) is 9.21. The number of hydrogen-bond acceptors (Lipinski definition) is 8. The quantitative estimate of drug-likeness (QED) is 0.317. The highest BCUT2D eigenvalue weighted by Gasteiger charge is 2.25. The number of urea groups is 1. The Kier molecular flexibility index (Phi) is 5.25. The van der Waals surface area contributed by atoms with Crippen LogP contribution >= 0.6 is 0 Å². The number of imide groups is 1. The molecule has 4 N–H and O–H groups in total. The number of carbonyl (C=O) groups is 2. The minimum atomic E-state index is -0.538. The molecule has 6 rings (SSSR count). The van der Waals surface area contributed by atoms with E-state index >= 15 is 0 Å². The number of rotatable bonds is 6. The second-order valence-electron chi connectivity index (χ2n) is 9.21. The van der Waals surface area contributed by atoms with Crippen LogP contribution in [-0.2, 0) is 4.79 Å². The molecule has 0 spiro atoms. The monoisotopic (exact) mass is 473 g/mol. The van der Waals surface area contributed by atoms with E-state index in [1.165, 1.54) is 5.69 Å². The van der Waals surface area contributed by atoms with Crippen LogP contribution in [0, 0.1) is 0 Å². The Hall–Kier alpha value is -4.12. The third-order valence-electron chi connectivity index (χ3n) is 6.44. The molecule has 11 heteroatoms. The van der Waals surface area contributed by atoms with Crippen molar-refractivity contribution in [1.29, 1.82) is 0 Å². The number of hydrogen-bond donors (Lipinski definition) is 4. The van der Waals surface area contributed by atoms with Gasteiger partial charge in [-0.25, -0.2) is 9.78 Å². The Balaban J connectivity index is 1.33. The van der Waals surface area contributed by atoms with Crippen molar-refractivity contribution < 1.29 is 9.59 Å². The largest absolute Gasteiger partial charge is 0.369 e. The van der Waals surface area contributed by atoms with Gasteiger partial charge in [-0.2, -0.15) is 9.61 Å². The van der Waals surface area contributed by atoms with Crippen LogP contribution in [0.1, 0.15) is 18.4 Å². The summed E-state index contributed by atoms with van der Waals surface area (Å²) in [5, 5.41) is 16.2. The van der Waals surface area contributed by atoms with Crippen LogP contribution in [0.25, 0.3) is 11.7 Å². The first-order chi connectivity index (χ1) is 17.0. The molecule has 180 valence electrons. The summed E-state index contributed by atoms with van der Waals surface area (Å²) in [5.74, 6) is 1.01. The normalized spacial score (nSPS) is 19.8. The number of benzene rings is 1. The molecule has 2 saturated heterocycles. The van der Waals surface area contributed by atoms with Crippen molar-refractivity contribution in [3.05, 3.63) is 47.8 Å². The van der Waals surface area contributed by atoms with Gasteiger partial charge in [0.05, 0.1) is 6.20 Å². The predicted octanol–water partition coefficient (Wildman–Crippen LogP) is 1.98. The number of anilines is 4. The molecule has 3 amide bonds. The molecule has 3 aromatic rings. The van der Waals surface area contributed by atoms with Gasteiger partial charge in [0.2, 0.25) is 0 Å². The summed E-state index contributed by atoms with van der Waals surface area (Å²) >= 11 is 0. The van der Waals surface area contributed by atoms with Gasteiger partial charge in [-0.15, -0.1) is 0 Å². The number of aromatic nitrogens is 3. The predicted molar refractivity (Wildman–Crippen MR) is 134 cm³/mol. The summed E-state index contributed by atoms with van der Waals surface area (Å²) in [4.78, 5) is 33.1. The van der Waals surface area contributed by atoms with Gasteiger partial charge < -0.3 is 25.8 Å². The van der Waals surface area contributed by atoms with Gasteiger partial charge in [-0.05, 0) is 44.2 Å². The maximum atomic E-state index is 12.0. The smallest absolute Gasteiger partial charge is 0.326 e. The number of fused-ring (bicyclic) bond motifs is 1. The molecule has 4 heterocycles. The Morgan fingerprint density at radius 1 is 1.09 bits per heavy atom. The van der Waals surface area contributed by atoms with Crippen LogP contribution < -0.4 is 26.2 Å². The lowest BCUT2D eigenvalue weighted by atomic mass is 10.2. The lowest BCUT2D eigenvalue weighted by Crippen LogP contribution is -2.44. The fourth-order valence-electron chi connectivity index (χ4n) is 4.32. The van der Waals surface area contributed by atoms with Crippen LogP contribution in [0.4, 0.5) is 27.8 Å². The number of nitrogens with zero attached hydrogens (tertiary/aromatic N) is 5. The molecule has 1 aromatic carbocycles. The Labute approximate surface area is 202 Å². The third-order valence-corrected chi connectivity index (χ3v) is 6.44. The van der Waals surface area contributed by atoms with E-state index in [2.05, 4.69) is 55.3 Å². The van der Waals surface area contributed by atoms with Gasteiger partial charge in [0.1, 0.15) is 17.3 Å². The molecule has 11 nitrogen and oxygen atoms in total. The van der Waals surface area contributed by atoms with E-state index in [4.69, 9.17) is 4.98 Å². The maximum Gasteiger partial charge on any atom is 0.326 e. The Morgan fingerprint density at radius 2 is 1.91 bits per heavy atom. The molecule has 0 atom stereocenters. The van der Waals surface area contributed by atoms with Crippen molar-refractivity contribution in [2.24, 2.45) is 0 Å². The van der Waals surface area contributed by atoms with Gasteiger partial charge >= 0.3 is 6.03 Å². The Bertz CT molecular complexity index is 1340. The zero-order valence-corrected chi connectivity index (χ0v) is 19.4. The first-order valence-electron chi connectivity index (χ1n) is 11.8. The molecule has 3 fully saturated rings. The number of amides is 3. The third kappa shape index (κ3) is 4.50. The van der Waals surface area contributed by atoms with Crippen LogP contribution in [0.5, 0.6) is 0 Å². The van der Waals surface area contributed by atoms with Gasteiger partial charge in [0.15, 0.2) is 5.65 Å². The number of nitrogens with one attached hydrogen (secondary N) is 4. The molecule has 35 heavy (non-hydrogen) atoms. The fraction of sp³-hybridized carbons (Fsp3) is 0.333. The van der Waals surface area contributed by atoms with Gasteiger partial charge in [0.25, 0.3) is 5.91 Å². The highest BCUT2D eigenvalue weighted by Crippen LogP contribution is 2.29. The number of carbonyl (C=O) groups excluding carboxylic acids is 2. The molecule has 0 unspecified atom stereocenters. The average Bonchev–Trinajstić information content (AvgIpc) is 3.48. The SMILES string of the molecule is CN1CCN(c2cccc(Nc3cc(NC4CC4)n4ncc(/C=C5\NC(=O)NC5=O)c4n3)c2)CC1. The van der Waals surface area contributed by atoms with E-state index in [1.807, 2.05) is 18.2 Å². The first kappa shape index (κ1) is 21.4. The van der Waals surface area contributed by atoms with Crippen LogP contribution in [0.15, 0.2) is 42.2 Å². The van der Waals surface area contributed by atoms with Crippen LogP contribution in [0.2, 0.25) is 0 Å². The molecule has 3 aliphatic rings. The summed E-state index contributed by atoms with van der Waals surface area (Å²) in [6, 6.07) is 10.2. The van der Waals surface area contributed by atoms with Crippen molar-refractivity contribution in [1.82, 2.24) is 30.1 Å². The van der Waals surface area contributed by atoms with E-state index in [9.17, 15) is 9.59 Å². The summed E-state index contributed by atoms with van der Waals surface area (Å²) in [6.45, 7) is 4.09. The summed E-state index contributed by atoms with van der Waals surface area (Å²) in [7, 11) is 2.15. The maximum absolute atomic E-state index is 12.0. The molecule has 0 radical (unpaired) electrons. The van der Waals surface area contributed by atoms with E-state index in [1.54, 1.807) is 16.8 Å². The minimum Gasteiger partial charge on any atom is -0.369 e. The Morgan fingerprint density at radius 3 is 2.66 bits per heavy atom. The van der Waals surface area contributed by atoms with Crippen molar-refractivity contribution in [2.75, 3.05) is 48.8 Å². The van der Waals surface area contributed by atoms with E-state index < -0.39 is 11.9 Å². The van der Waals surface area contributed by atoms with Crippen molar-refractivity contribution in [3.63, 3.8) is 0 Å².